The Bertz CT molecular complexity index is 562. The van der Waals surface area contributed by atoms with Crippen LogP contribution in [-0.2, 0) is 6.54 Å². The number of nitrogens with one attached hydrogen (secondary N) is 1. The van der Waals surface area contributed by atoms with Gasteiger partial charge >= 0.3 is 0 Å². The molecule has 0 atom stereocenters. The average Bonchev–Trinajstić information content (AvgIpc) is 2.63. The van der Waals surface area contributed by atoms with Crippen molar-refractivity contribution in [2.45, 2.75) is 18.6 Å². The molecule has 2 aromatic heterocycles. The van der Waals surface area contributed by atoms with Crippen LogP contribution in [0, 0.1) is 6.92 Å². The van der Waals surface area contributed by atoms with Crippen LogP contribution < -0.4 is 11.3 Å². The average molecular weight is 251 g/mol. The SMILES string of the molecule is Cc1nccn1CCSc1nc(N)cc(=O)[nH]1. The van der Waals surface area contributed by atoms with Gasteiger partial charge in [-0.05, 0) is 6.92 Å². The number of hydrogen-bond donors (Lipinski definition) is 2. The van der Waals surface area contributed by atoms with Crippen LogP contribution in [0.1, 0.15) is 5.82 Å². The van der Waals surface area contributed by atoms with E-state index in [2.05, 4.69) is 15.0 Å². The number of nitrogens with two attached hydrogens (primary N) is 1. The van der Waals surface area contributed by atoms with E-state index in [1.807, 2.05) is 17.7 Å². The Morgan fingerprint density at radius 3 is 3.06 bits per heavy atom. The molecule has 0 radical (unpaired) electrons. The molecule has 90 valence electrons. The largest absolute Gasteiger partial charge is 0.383 e. The number of thioether (sulfide) groups is 1. The Morgan fingerprint density at radius 1 is 1.59 bits per heavy atom. The molecule has 2 rings (SSSR count). The van der Waals surface area contributed by atoms with Gasteiger partial charge in [-0.2, -0.15) is 0 Å². The number of imidazole rings is 1. The van der Waals surface area contributed by atoms with Crippen LogP contribution in [0.5, 0.6) is 0 Å². The molecule has 0 aliphatic carbocycles. The first-order valence-corrected chi connectivity index (χ1v) is 6.11. The summed E-state index contributed by atoms with van der Waals surface area (Å²) in [5.41, 5.74) is 5.27. The lowest BCUT2D eigenvalue weighted by Gasteiger charge is -2.04. The van der Waals surface area contributed by atoms with Crippen LogP contribution in [0.15, 0.2) is 28.4 Å². The first kappa shape index (κ1) is 11.7. The molecule has 0 spiro atoms. The van der Waals surface area contributed by atoms with Crippen molar-refractivity contribution in [2.24, 2.45) is 0 Å². The van der Waals surface area contributed by atoms with E-state index in [1.165, 1.54) is 17.8 Å². The van der Waals surface area contributed by atoms with Gasteiger partial charge in [-0.25, -0.2) is 9.97 Å². The maximum atomic E-state index is 11.2. The van der Waals surface area contributed by atoms with Crippen LogP contribution in [0.25, 0.3) is 0 Å². The van der Waals surface area contributed by atoms with Gasteiger partial charge in [0.05, 0.1) is 0 Å². The second kappa shape index (κ2) is 5.05. The number of nitrogen functional groups attached to an aromatic ring is 1. The van der Waals surface area contributed by atoms with Gasteiger partial charge in [0, 0.05) is 30.8 Å². The number of nitrogens with zero attached hydrogens (tertiary/aromatic N) is 3. The van der Waals surface area contributed by atoms with Gasteiger partial charge in [0.1, 0.15) is 11.6 Å². The highest BCUT2D eigenvalue weighted by molar-refractivity contribution is 7.99. The quantitative estimate of drug-likeness (QED) is 0.615. The van der Waals surface area contributed by atoms with E-state index in [1.54, 1.807) is 6.20 Å². The molecular formula is C10H13N5OS. The minimum atomic E-state index is -0.223. The summed E-state index contributed by atoms with van der Waals surface area (Å²) in [4.78, 5) is 22.0. The molecule has 0 fully saturated rings. The Hall–Kier alpha value is -1.76. The summed E-state index contributed by atoms with van der Waals surface area (Å²) < 4.78 is 2.04. The molecule has 2 aromatic rings. The fourth-order valence-corrected chi connectivity index (χ4v) is 2.23. The Kier molecular flexibility index (Phi) is 3.48. The van der Waals surface area contributed by atoms with Crippen LogP contribution in [0.4, 0.5) is 5.82 Å². The Labute approximate surface area is 102 Å². The highest BCUT2D eigenvalue weighted by Gasteiger charge is 2.01. The summed E-state index contributed by atoms with van der Waals surface area (Å²) in [6.07, 6.45) is 3.69. The van der Waals surface area contributed by atoms with Crippen molar-refractivity contribution in [3.8, 4) is 0 Å². The predicted octanol–water partition coefficient (Wildman–Crippen LogP) is 0.649. The zero-order valence-corrected chi connectivity index (χ0v) is 10.2. The van der Waals surface area contributed by atoms with Crippen molar-refractivity contribution in [1.29, 1.82) is 0 Å². The third kappa shape index (κ3) is 3.10. The first-order valence-electron chi connectivity index (χ1n) is 5.12. The summed E-state index contributed by atoms with van der Waals surface area (Å²) >= 11 is 1.46. The lowest BCUT2D eigenvalue weighted by atomic mass is 10.6. The zero-order chi connectivity index (χ0) is 12.3. The number of aromatic nitrogens is 4. The highest BCUT2D eigenvalue weighted by atomic mass is 32.2. The fourth-order valence-electron chi connectivity index (χ4n) is 1.40. The maximum absolute atomic E-state index is 11.2. The molecule has 2 heterocycles. The molecule has 0 saturated heterocycles. The van der Waals surface area contributed by atoms with Crippen molar-refractivity contribution < 1.29 is 0 Å². The fraction of sp³-hybridized carbons (Fsp3) is 0.300. The summed E-state index contributed by atoms with van der Waals surface area (Å²) in [6.45, 7) is 2.76. The van der Waals surface area contributed by atoms with Gasteiger partial charge < -0.3 is 15.3 Å². The van der Waals surface area contributed by atoms with Gasteiger partial charge in [0.15, 0.2) is 5.16 Å². The van der Waals surface area contributed by atoms with Gasteiger partial charge in [-0.1, -0.05) is 11.8 Å². The van der Waals surface area contributed by atoms with Crippen LogP contribution in [0.2, 0.25) is 0 Å². The molecule has 0 aliphatic rings. The van der Waals surface area contributed by atoms with Crippen molar-refractivity contribution >= 4 is 17.6 Å². The van der Waals surface area contributed by atoms with E-state index in [-0.39, 0.29) is 11.4 Å². The molecule has 0 bridgehead atoms. The summed E-state index contributed by atoms with van der Waals surface area (Å²) in [7, 11) is 0. The van der Waals surface area contributed by atoms with Crippen LogP contribution in [0.3, 0.4) is 0 Å². The molecule has 3 N–H and O–H groups in total. The lowest BCUT2D eigenvalue weighted by Crippen LogP contribution is -2.10. The Morgan fingerprint density at radius 2 is 2.41 bits per heavy atom. The van der Waals surface area contributed by atoms with Gasteiger partial charge in [-0.3, -0.25) is 4.79 Å². The molecule has 0 amide bonds. The van der Waals surface area contributed by atoms with E-state index in [4.69, 9.17) is 5.73 Å². The second-order valence-electron chi connectivity index (χ2n) is 3.49. The van der Waals surface area contributed by atoms with Crippen LogP contribution in [-0.4, -0.2) is 25.3 Å². The molecule has 0 aliphatic heterocycles. The number of rotatable bonds is 4. The number of hydrogen-bond acceptors (Lipinski definition) is 5. The minimum absolute atomic E-state index is 0.223. The monoisotopic (exact) mass is 251 g/mol. The third-order valence-electron chi connectivity index (χ3n) is 2.23. The molecule has 0 aromatic carbocycles. The molecular weight excluding hydrogens is 238 g/mol. The number of H-pyrrole nitrogens is 1. The predicted molar refractivity (Wildman–Crippen MR) is 67.0 cm³/mol. The highest BCUT2D eigenvalue weighted by Crippen LogP contribution is 2.12. The number of aromatic amines is 1. The second-order valence-corrected chi connectivity index (χ2v) is 4.58. The normalized spacial score (nSPS) is 10.6. The minimum Gasteiger partial charge on any atom is -0.383 e. The summed E-state index contributed by atoms with van der Waals surface area (Å²) in [6, 6.07) is 1.27. The van der Waals surface area contributed by atoms with Crippen molar-refractivity contribution in [2.75, 3.05) is 11.5 Å². The molecule has 7 heteroatoms. The zero-order valence-electron chi connectivity index (χ0n) is 9.38. The van der Waals surface area contributed by atoms with Crippen molar-refractivity contribution in [3.63, 3.8) is 0 Å². The maximum Gasteiger partial charge on any atom is 0.253 e. The topological polar surface area (TPSA) is 89.6 Å². The van der Waals surface area contributed by atoms with E-state index in [0.717, 1.165) is 18.1 Å². The van der Waals surface area contributed by atoms with Gasteiger partial charge in [0.2, 0.25) is 0 Å². The van der Waals surface area contributed by atoms with E-state index in [0.29, 0.717) is 5.16 Å². The van der Waals surface area contributed by atoms with E-state index in [9.17, 15) is 4.79 Å². The lowest BCUT2D eigenvalue weighted by molar-refractivity contribution is 0.736. The first-order chi connectivity index (χ1) is 8.15. The van der Waals surface area contributed by atoms with Gasteiger partial charge in [0.25, 0.3) is 5.56 Å². The van der Waals surface area contributed by atoms with E-state index < -0.39 is 0 Å². The molecule has 0 saturated carbocycles. The van der Waals surface area contributed by atoms with Gasteiger partial charge in [-0.15, -0.1) is 0 Å². The summed E-state index contributed by atoms with van der Waals surface area (Å²) in [5, 5.41) is 0.549. The smallest absolute Gasteiger partial charge is 0.253 e. The van der Waals surface area contributed by atoms with E-state index >= 15 is 0 Å². The molecule has 6 nitrogen and oxygen atoms in total. The van der Waals surface area contributed by atoms with Crippen molar-refractivity contribution in [1.82, 2.24) is 19.5 Å². The standard InChI is InChI=1S/C10H13N5OS/c1-7-12-2-3-15(7)4-5-17-10-13-8(11)6-9(16)14-10/h2-3,6H,4-5H2,1H3,(H3,11,13,14,16). The third-order valence-corrected chi connectivity index (χ3v) is 3.09. The van der Waals surface area contributed by atoms with Crippen LogP contribution >= 0.6 is 11.8 Å². The van der Waals surface area contributed by atoms with Crippen molar-refractivity contribution in [3.05, 3.63) is 34.6 Å². The number of anilines is 1. The summed E-state index contributed by atoms with van der Waals surface area (Å²) in [5.74, 6) is 2.01. The molecule has 17 heavy (non-hydrogen) atoms. The Balaban J connectivity index is 1.94. The number of aryl methyl sites for hydroxylation is 2. The molecule has 0 unspecified atom stereocenters.